The van der Waals surface area contributed by atoms with Crippen molar-refractivity contribution < 1.29 is 0 Å². The molecule has 4 rings (SSSR count). The number of nitrogens with one attached hydrogen (secondary N) is 3. The summed E-state index contributed by atoms with van der Waals surface area (Å²) in [4.78, 5) is 25.3. The van der Waals surface area contributed by atoms with Gasteiger partial charge in [-0.2, -0.15) is 10.2 Å². The second-order valence-electron chi connectivity index (χ2n) is 7.35. The highest BCUT2D eigenvalue weighted by molar-refractivity contribution is 5.85. The average Bonchev–Trinajstić information content (AvgIpc) is 3.30. The van der Waals surface area contributed by atoms with Gasteiger partial charge in [-0.05, 0) is 38.1 Å². The van der Waals surface area contributed by atoms with Crippen LogP contribution in [0, 0.1) is 13.8 Å². The van der Waals surface area contributed by atoms with Crippen LogP contribution in [-0.2, 0) is 0 Å². The first-order chi connectivity index (χ1) is 16.5. The molecule has 0 fully saturated rings. The lowest BCUT2D eigenvalue weighted by Gasteiger charge is -1.99. The lowest BCUT2D eigenvalue weighted by atomic mass is 10.3. The third kappa shape index (κ3) is 4.63. The van der Waals surface area contributed by atoms with Gasteiger partial charge in [0.05, 0.1) is 34.9 Å². The largest absolute Gasteiger partial charge is 0.367 e. The zero-order chi connectivity index (χ0) is 24.1. The van der Waals surface area contributed by atoms with E-state index >= 15 is 0 Å². The quantitative estimate of drug-likeness (QED) is 0.197. The van der Waals surface area contributed by atoms with Crippen LogP contribution >= 0.6 is 0 Å². The number of hydrogen-bond acceptors (Lipinski definition) is 5. The fourth-order valence-corrected chi connectivity index (χ4v) is 3.28. The van der Waals surface area contributed by atoms with Crippen molar-refractivity contribution in [1.82, 2.24) is 25.0 Å². The van der Waals surface area contributed by atoms with E-state index in [0.29, 0.717) is 33.9 Å². The molecule has 11 nitrogen and oxygen atoms in total. The van der Waals surface area contributed by atoms with Crippen LogP contribution < -0.4 is 22.3 Å². The summed E-state index contributed by atoms with van der Waals surface area (Å²) in [6.07, 6.45) is 2.68. The highest BCUT2D eigenvalue weighted by atomic mass is 16.1. The van der Waals surface area contributed by atoms with Gasteiger partial charge in [0.25, 0.3) is 11.1 Å². The Hall–Kier alpha value is -4.93. The molecule has 4 aromatic rings. The van der Waals surface area contributed by atoms with Crippen LogP contribution in [0.15, 0.2) is 85.6 Å². The van der Waals surface area contributed by atoms with E-state index in [9.17, 15) is 9.59 Å². The second kappa shape index (κ2) is 9.69. The zero-order valence-corrected chi connectivity index (χ0v) is 18.6. The van der Waals surface area contributed by atoms with E-state index < -0.39 is 0 Å². The van der Waals surface area contributed by atoms with Gasteiger partial charge < -0.3 is 5.73 Å². The minimum Gasteiger partial charge on any atom is -0.367 e. The van der Waals surface area contributed by atoms with Crippen LogP contribution in [0.3, 0.4) is 0 Å². The van der Waals surface area contributed by atoms with Gasteiger partial charge in [-0.3, -0.25) is 19.8 Å². The number of aromatic amines is 2. The summed E-state index contributed by atoms with van der Waals surface area (Å²) in [5.41, 5.74) is 11.2. The Morgan fingerprint density at radius 2 is 1.29 bits per heavy atom. The number of guanidine groups is 1. The number of benzene rings is 2. The maximum absolute atomic E-state index is 12.7. The van der Waals surface area contributed by atoms with E-state index in [0.717, 1.165) is 0 Å². The first-order valence-electron chi connectivity index (χ1n) is 10.4. The molecule has 11 heteroatoms. The van der Waals surface area contributed by atoms with Gasteiger partial charge in [0.15, 0.2) is 0 Å². The maximum Gasteiger partial charge on any atom is 0.280 e. The van der Waals surface area contributed by atoms with Crippen molar-refractivity contribution in [2.45, 2.75) is 13.8 Å². The molecule has 0 aliphatic heterocycles. The number of nitrogens with two attached hydrogens (primary N) is 1. The number of H-pyrrole nitrogens is 2. The normalized spacial score (nSPS) is 12.1. The standard InChI is InChI=1S/C23H23N9O2/c1-15-19(21(33)31(29-15)17-9-5-3-6-10-17)13-25-27-23(24)28-26-14-20-16(2)30-32(22(20)34)18-11-7-4-8-12-18/h3-14,29-30H,1-2H3,(H3,24,27,28). The number of hydrazone groups is 1. The summed E-state index contributed by atoms with van der Waals surface area (Å²) in [6.45, 7) is 3.53. The number of aryl methyl sites for hydroxylation is 2. The molecule has 0 bridgehead atoms. The second-order valence-corrected chi connectivity index (χ2v) is 7.35. The number of nitrogens with zero attached hydrogens (tertiary/aromatic N) is 5. The van der Waals surface area contributed by atoms with Gasteiger partial charge in [-0.15, -0.1) is 5.10 Å². The van der Waals surface area contributed by atoms with E-state index in [1.54, 1.807) is 13.8 Å². The maximum atomic E-state index is 12.7. The van der Waals surface area contributed by atoms with Crippen LogP contribution in [0.1, 0.15) is 22.5 Å². The van der Waals surface area contributed by atoms with Gasteiger partial charge >= 0.3 is 0 Å². The number of para-hydroxylation sites is 2. The summed E-state index contributed by atoms with van der Waals surface area (Å²) in [5.74, 6) is -0.111. The van der Waals surface area contributed by atoms with Crippen LogP contribution in [0.5, 0.6) is 0 Å². The molecule has 0 spiro atoms. The Labute approximate surface area is 193 Å². The molecule has 0 unspecified atom stereocenters. The summed E-state index contributed by atoms with van der Waals surface area (Å²) in [7, 11) is 0. The molecule has 5 N–H and O–H groups in total. The summed E-state index contributed by atoms with van der Waals surface area (Å²) in [6, 6.07) is 18.4. The molecule has 2 aromatic heterocycles. The lowest BCUT2D eigenvalue weighted by molar-refractivity contribution is 0.835. The fraction of sp³-hybridized carbons (Fsp3) is 0.0870. The van der Waals surface area contributed by atoms with Gasteiger partial charge in [-0.1, -0.05) is 36.4 Å². The molecule has 2 aromatic carbocycles. The fourth-order valence-electron chi connectivity index (χ4n) is 3.28. The smallest absolute Gasteiger partial charge is 0.280 e. The molecule has 34 heavy (non-hydrogen) atoms. The molecule has 0 saturated carbocycles. The number of rotatable bonds is 6. The highest BCUT2D eigenvalue weighted by Gasteiger charge is 2.11. The zero-order valence-electron chi connectivity index (χ0n) is 18.6. The van der Waals surface area contributed by atoms with E-state index in [4.69, 9.17) is 5.73 Å². The topological polar surface area (TPSA) is 151 Å². The van der Waals surface area contributed by atoms with Crippen molar-refractivity contribution in [3.05, 3.63) is 104 Å². The Morgan fingerprint density at radius 3 is 1.79 bits per heavy atom. The summed E-state index contributed by atoms with van der Waals surface area (Å²) >= 11 is 0. The minimum absolute atomic E-state index is 0.111. The van der Waals surface area contributed by atoms with Gasteiger partial charge in [0.2, 0.25) is 5.96 Å². The average molecular weight is 457 g/mol. The highest BCUT2D eigenvalue weighted by Crippen LogP contribution is 2.06. The minimum atomic E-state index is -0.259. The van der Waals surface area contributed by atoms with Crippen LogP contribution in [-0.4, -0.2) is 37.9 Å². The molecule has 172 valence electrons. The lowest BCUT2D eigenvalue weighted by Crippen LogP contribution is -2.27. The van der Waals surface area contributed by atoms with Crippen molar-refractivity contribution in [3.8, 4) is 11.4 Å². The van der Waals surface area contributed by atoms with Crippen LogP contribution in [0.2, 0.25) is 0 Å². The van der Waals surface area contributed by atoms with Crippen LogP contribution in [0.25, 0.3) is 11.4 Å². The monoisotopic (exact) mass is 457 g/mol. The number of hydrogen-bond donors (Lipinski definition) is 4. The molecule has 2 heterocycles. The Bertz CT molecular complexity index is 1490. The Balaban J connectivity index is 1.45. The molecule has 0 amide bonds. The number of aromatic nitrogens is 4. The molecule has 0 radical (unpaired) electrons. The first kappa shape index (κ1) is 22.3. The van der Waals surface area contributed by atoms with E-state index in [1.165, 1.54) is 21.8 Å². The van der Waals surface area contributed by atoms with E-state index in [2.05, 4.69) is 30.9 Å². The summed E-state index contributed by atoms with van der Waals surface area (Å²) in [5, 5.41) is 17.6. The van der Waals surface area contributed by atoms with E-state index in [1.807, 2.05) is 60.7 Å². The van der Waals surface area contributed by atoms with Crippen molar-refractivity contribution in [2.75, 3.05) is 0 Å². The molecule has 0 saturated heterocycles. The van der Waals surface area contributed by atoms with Crippen molar-refractivity contribution in [3.63, 3.8) is 0 Å². The molecule has 0 atom stereocenters. The first-order valence-corrected chi connectivity index (χ1v) is 10.4. The predicted octanol–water partition coefficient (Wildman–Crippen LogP) is 1.53. The van der Waals surface area contributed by atoms with Crippen LogP contribution in [0.4, 0.5) is 0 Å². The van der Waals surface area contributed by atoms with Gasteiger partial charge in [0, 0.05) is 11.4 Å². The summed E-state index contributed by atoms with van der Waals surface area (Å²) < 4.78 is 2.85. The van der Waals surface area contributed by atoms with Gasteiger partial charge in [0.1, 0.15) is 0 Å². The SMILES string of the molecule is Cc1[nH]n(-c2ccccc2)c(=O)c1C=NN=C(N)NN=Cc1c(C)[nH]n(-c2ccccc2)c1=O. The molecular formula is C23H23N9O2. The molecule has 0 aliphatic rings. The van der Waals surface area contributed by atoms with E-state index in [-0.39, 0.29) is 17.1 Å². The predicted molar refractivity (Wildman–Crippen MR) is 132 cm³/mol. The third-order valence-corrected chi connectivity index (χ3v) is 4.99. The van der Waals surface area contributed by atoms with Crippen molar-refractivity contribution in [1.29, 1.82) is 0 Å². The Morgan fingerprint density at radius 1 is 0.824 bits per heavy atom. The van der Waals surface area contributed by atoms with Gasteiger partial charge in [-0.25, -0.2) is 14.8 Å². The van der Waals surface area contributed by atoms with Crippen molar-refractivity contribution in [2.24, 2.45) is 21.0 Å². The van der Waals surface area contributed by atoms with Crippen molar-refractivity contribution >= 4 is 18.4 Å². The molecule has 0 aliphatic carbocycles. The Kier molecular flexibility index (Phi) is 6.35. The molecular weight excluding hydrogens is 434 g/mol. The third-order valence-electron chi connectivity index (χ3n) is 4.99.